The third-order valence-corrected chi connectivity index (χ3v) is 5.08. The van der Waals surface area contributed by atoms with Crippen LogP contribution in [0.5, 0.6) is 5.75 Å². The van der Waals surface area contributed by atoms with E-state index in [4.69, 9.17) is 4.74 Å². The average molecular weight is 412 g/mol. The second-order valence-electron chi connectivity index (χ2n) is 6.59. The summed E-state index contributed by atoms with van der Waals surface area (Å²) in [5.41, 5.74) is 4.47. The maximum absolute atomic E-state index is 12.4. The standard InChI is InChI=1S/C20H20N4O4S/c1-12-8-13(2)18(14(3)9-12)23(15(4)25)20-22-16(11-29-20)10-28-17-6-5-7-21-19(17)24(26)27/h5-9,11H,10H2,1-4H3. The van der Waals surface area contributed by atoms with E-state index in [1.165, 1.54) is 30.5 Å². The Balaban J connectivity index is 1.86. The lowest BCUT2D eigenvalue weighted by molar-refractivity contribution is -0.390. The molecule has 3 rings (SSSR count). The van der Waals surface area contributed by atoms with Crippen molar-refractivity contribution in [2.24, 2.45) is 0 Å². The van der Waals surface area contributed by atoms with E-state index in [1.54, 1.807) is 16.3 Å². The molecule has 0 aliphatic heterocycles. The second-order valence-corrected chi connectivity index (χ2v) is 7.43. The molecule has 150 valence electrons. The summed E-state index contributed by atoms with van der Waals surface area (Å²) in [6.45, 7) is 7.46. The van der Waals surface area contributed by atoms with Crippen LogP contribution in [0.25, 0.3) is 0 Å². The van der Waals surface area contributed by atoms with Gasteiger partial charge in [-0.3, -0.25) is 9.69 Å². The molecule has 0 saturated heterocycles. The molecule has 2 aromatic heterocycles. The molecule has 8 nitrogen and oxygen atoms in total. The number of ether oxygens (including phenoxy) is 1. The molecule has 0 aliphatic rings. The minimum absolute atomic E-state index is 0.0284. The largest absolute Gasteiger partial charge is 0.479 e. The van der Waals surface area contributed by atoms with Crippen LogP contribution in [-0.4, -0.2) is 20.8 Å². The van der Waals surface area contributed by atoms with Gasteiger partial charge in [-0.05, 0) is 53.9 Å². The Bertz CT molecular complexity index is 1060. The Morgan fingerprint density at radius 1 is 1.28 bits per heavy atom. The number of anilines is 2. The summed E-state index contributed by atoms with van der Waals surface area (Å²) in [5.74, 6) is -0.426. The van der Waals surface area contributed by atoms with Crippen LogP contribution >= 0.6 is 11.3 Å². The first-order valence-corrected chi connectivity index (χ1v) is 9.71. The van der Waals surface area contributed by atoms with Crippen LogP contribution < -0.4 is 9.64 Å². The van der Waals surface area contributed by atoms with Crippen molar-refractivity contribution in [1.82, 2.24) is 9.97 Å². The monoisotopic (exact) mass is 412 g/mol. The van der Waals surface area contributed by atoms with E-state index in [2.05, 4.69) is 9.97 Å². The smallest absolute Gasteiger partial charge is 0.406 e. The first-order chi connectivity index (χ1) is 13.8. The number of rotatable bonds is 6. The number of carbonyl (C=O) groups is 1. The topological polar surface area (TPSA) is 98.5 Å². The van der Waals surface area contributed by atoms with E-state index < -0.39 is 4.92 Å². The molecule has 0 fully saturated rings. The molecule has 0 aliphatic carbocycles. The molecule has 0 radical (unpaired) electrons. The van der Waals surface area contributed by atoms with Gasteiger partial charge in [0.05, 0.1) is 11.4 Å². The number of nitro groups is 1. The quantitative estimate of drug-likeness (QED) is 0.432. The van der Waals surface area contributed by atoms with Crippen molar-refractivity contribution in [3.8, 4) is 5.75 Å². The fourth-order valence-corrected chi connectivity index (χ4v) is 4.02. The Morgan fingerprint density at radius 2 is 1.97 bits per heavy atom. The maximum atomic E-state index is 12.4. The van der Waals surface area contributed by atoms with Crippen LogP contribution in [-0.2, 0) is 11.4 Å². The zero-order chi connectivity index (χ0) is 21.1. The summed E-state index contributed by atoms with van der Waals surface area (Å²) in [4.78, 5) is 32.7. The normalized spacial score (nSPS) is 10.6. The molecular formula is C20H20N4O4S. The van der Waals surface area contributed by atoms with Crippen LogP contribution in [0.4, 0.5) is 16.6 Å². The molecule has 3 aromatic rings. The number of aryl methyl sites for hydroxylation is 3. The number of amides is 1. The van der Waals surface area contributed by atoms with E-state index in [0.29, 0.717) is 10.8 Å². The van der Waals surface area contributed by atoms with Crippen molar-refractivity contribution >= 4 is 33.9 Å². The van der Waals surface area contributed by atoms with Gasteiger partial charge in [0.2, 0.25) is 11.7 Å². The van der Waals surface area contributed by atoms with Gasteiger partial charge < -0.3 is 14.9 Å². The Morgan fingerprint density at radius 3 is 2.59 bits per heavy atom. The summed E-state index contributed by atoms with van der Waals surface area (Å²) in [6, 6.07) is 7.10. The highest BCUT2D eigenvalue weighted by Gasteiger charge is 2.22. The van der Waals surface area contributed by atoms with E-state index in [1.807, 2.05) is 32.9 Å². The molecule has 0 saturated carbocycles. The molecule has 9 heteroatoms. The lowest BCUT2D eigenvalue weighted by Crippen LogP contribution is -2.24. The number of benzene rings is 1. The zero-order valence-electron chi connectivity index (χ0n) is 16.5. The minimum atomic E-state index is -0.595. The summed E-state index contributed by atoms with van der Waals surface area (Å²) in [6.07, 6.45) is 1.34. The molecule has 1 aromatic carbocycles. The van der Waals surface area contributed by atoms with E-state index >= 15 is 0 Å². The second kappa shape index (κ2) is 8.36. The van der Waals surface area contributed by atoms with Gasteiger partial charge in [-0.25, -0.2) is 4.98 Å². The highest BCUT2D eigenvalue weighted by Crippen LogP contribution is 2.35. The number of hydrogen-bond donors (Lipinski definition) is 0. The predicted molar refractivity (Wildman–Crippen MR) is 111 cm³/mol. The first-order valence-electron chi connectivity index (χ1n) is 8.83. The molecule has 0 atom stereocenters. The number of nitrogens with zero attached hydrogens (tertiary/aromatic N) is 4. The van der Waals surface area contributed by atoms with Crippen LogP contribution in [0.3, 0.4) is 0 Å². The van der Waals surface area contributed by atoms with Crippen LogP contribution in [0.2, 0.25) is 0 Å². The van der Waals surface area contributed by atoms with E-state index in [-0.39, 0.29) is 24.1 Å². The van der Waals surface area contributed by atoms with E-state index in [0.717, 1.165) is 22.4 Å². The van der Waals surface area contributed by atoms with Gasteiger partial charge in [-0.2, -0.15) is 0 Å². The number of pyridine rings is 1. The van der Waals surface area contributed by atoms with Gasteiger partial charge in [0.25, 0.3) is 0 Å². The highest BCUT2D eigenvalue weighted by atomic mass is 32.1. The molecular weight excluding hydrogens is 392 g/mol. The van der Waals surface area contributed by atoms with Crippen LogP contribution in [0.1, 0.15) is 29.3 Å². The SMILES string of the molecule is CC(=O)N(c1nc(COc2cccnc2[N+](=O)[O-])cs1)c1c(C)cc(C)cc1C. The van der Waals surface area contributed by atoms with Crippen molar-refractivity contribution < 1.29 is 14.5 Å². The van der Waals surface area contributed by atoms with Crippen molar-refractivity contribution in [3.63, 3.8) is 0 Å². The number of aromatic nitrogens is 2. The van der Waals surface area contributed by atoms with Gasteiger partial charge in [-0.1, -0.05) is 17.7 Å². The molecule has 29 heavy (non-hydrogen) atoms. The molecule has 2 heterocycles. The summed E-state index contributed by atoms with van der Waals surface area (Å²) < 4.78 is 5.54. The van der Waals surface area contributed by atoms with Gasteiger partial charge in [-0.15, -0.1) is 11.3 Å². The number of thiazole rings is 1. The summed E-state index contributed by atoms with van der Waals surface area (Å²) in [7, 11) is 0. The van der Waals surface area contributed by atoms with Gasteiger partial charge >= 0.3 is 5.82 Å². The summed E-state index contributed by atoms with van der Waals surface area (Å²) in [5, 5.41) is 13.3. The van der Waals surface area contributed by atoms with Crippen molar-refractivity contribution in [1.29, 1.82) is 0 Å². The predicted octanol–water partition coefficient (Wildman–Crippen LogP) is 4.64. The zero-order valence-corrected chi connectivity index (χ0v) is 17.3. The lowest BCUT2D eigenvalue weighted by Gasteiger charge is -2.23. The van der Waals surface area contributed by atoms with Crippen LogP contribution in [0, 0.1) is 30.9 Å². The molecule has 1 amide bonds. The van der Waals surface area contributed by atoms with Gasteiger partial charge in [0, 0.05) is 12.3 Å². The van der Waals surface area contributed by atoms with Gasteiger partial charge in [0.1, 0.15) is 12.8 Å². The molecule has 0 unspecified atom stereocenters. The van der Waals surface area contributed by atoms with Gasteiger partial charge in [0.15, 0.2) is 5.13 Å². The Kier molecular flexibility index (Phi) is 5.88. The average Bonchev–Trinajstić information content (AvgIpc) is 3.11. The lowest BCUT2D eigenvalue weighted by atomic mass is 10.0. The summed E-state index contributed by atoms with van der Waals surface area (Å²) >= 11 is 1.31. The Labute approximate surface area is 172 Å². The highest BCUT2D eigenvalue weighted by molar-refractivity contribution is 7.14. The number of carbonyl (C=O) groups excluding carboxylic acids is 1. The molecule has 0 bridgehead atoms. The van der Waals surface area contributed by atoms with Crippen molar-refractivity contribution in [2.45, 2.75) is 34.3 Å². The van der Waals surface area contributed by atoms with Crippen LogP contribution in [0.15, 0.2) is 35.8 Å². The fourth-order valence-electron chi connectivity index (χ4n) is 3.16. The molecule has 0 spiro atoms. The minimum Gasteiger partial charge on any atom is -0.479 e. The Hall–Kier alpha value is -3.33. The van der Waals surface area contributed by atoms with Crippen molar-refractivity contribution in [3.05, 3.63) is 68.3 Å². The third kappa shape index (κ3) is 4.40. The fraction of sp³-hybridized carbons (Fsp3) is 0.250. The third-order valence-electron chi connectivity index (χ3n) is 4.20. The van der Waals surface area contributed by atoms with Crippen molar-refractivity contribution in [2.75, 3.05) is 4.90 Å². The molecule has 0 N–H and O–H groups in total. The van der Waals surface area contributed by atoms with E-state index in [9.17, 15) is 14.9 Å². The first kappa shape index (κ1) is 20.4. The number of hydrogen-bond acceptors (Lipinski definition) is 7. The maximum Gasteiger partial charge on any atom is 0.406 e.